The maximum atomic E-state index is 12.6. The van der Waals surface area contributed by atoms with Crippen molar-refractivity contribution >= 4 is 11.6 Å². The van der Waals surface area contributed by atoms with Gasteiger partial charge in [-0.05, 0) is 30.3 Å². The van der Waals surface area contributed by atoms with Crippen LogP contribution in [0.5, 0.6) is 0 Å². The molecule has 3 rings (SSSR count). The number of hydrogen-bond donors (Lipinski definition) is 1. The highest BCUT2D eigenvalue weighted by Gasteiger charge is 2.30. The van der Waals surface area contributed by atoms with E-state index < -0.39 is 23.3 Å². The van der Waals surface area contributed by atoms with Crippen molar-refractivity contribution in [3.8, 4) is 11.8 Å². The van der Waals surface area contributed by atoms with E-state index in [4.69, 9.17) is 0 Å². The monoisotopic (exact) mass is 374 g/mol. The molecule has 27 heavy (non-hydrogen) atoms. The Kier molecular flexibility index (Phi) is 4.98. The molecule has 1 amide bonds. The third-order valence-electron chi connectivity index (χ3n) is 3.58. The zero-order chi connectivity index (χ0) is 19.4. The molecule has 1 N–H and O–H groups in total. The highest BCUT2D eigenvalue weighted by molar-refractivity contribution is 5.75. The average Bonchev–Trinajstić information content (AvgIpc) is 2.94. The molecule has 0 aliphatic rings. The second-order valence-electron chi connectivity index (χ2n) is 5.53. The molecule has 6 nitrogen and oxygen atoms in total. The molecule has 2 heterocycles. The van der Waals surface area contributed by atoms with E-state index in [-0.39, 0.29) is 18.7 Å². The van der Waals surface area contributed by atoms with Crippen LogP contribution in [0.1, 0.15) is 11.1 Å². The van der Waals surface area contributed by atoms with Crippen molar-refractivity contribution in [2.24, 2.45) is 0 Å². The number of aromatic nitrogens is 3. The average molecular weight is 374 g/mol. The molecule has 0 spiro atoms. The molecule has 138 valence electrons. The molecule has 0 aliphatic heterocycles. The lowest BCUT2D eigenvalue weighted by Gasteiger charge is -2.05. The molecule has 2 aromatic heterocycles. The number of nitrogens with zero attached hydrogens (tertiary/aromatic N) is 3. The molecule has 0 unspecified atom stereocenters. The number of halogens is 3. The van der Waals surface area contributed by atoms with E-state index in [1.807, 2.05) is 0 Å². The third kappa shape index (κ3) is 4.36. The predicted octanol–water partition coefficient (Wildman–Crippen LogP) is 1.68. The predicted molar refractivity (Wildman–Crippen MR) is 90.8 cm³/mol. The number of benzene rings is 1. The van der Waals surface area contributed by atoms with Crippen molar-refractivity contribution in [2.45, 2.75) is 12.7 Å². The van der Waals surface area contributed by atoms with Crippen LogP contribution in [-0.4, -0.2) is 26.6 Å². The molecule has 0 atom stereocenters. The van der Waals surface area contributed by atoms with Crippen LogP contribution in [0.2, 0.25) is 0 Å². The topological polar surface area (TPSA) is 68.4 Å². The van der Waals surface area contributed by atoms with Gasteiger partial charge in [0.2, 0.25) is 5.91 Å². The van der Waals surface area contributed by atoms with E-state index in [1.54, 1.807) is 24.4 Å². The molecule has 0 fully saturated rings. The number of carbonyl (C=O) groups excluding carboxylic acids is 1. The summed E-state index contributed by atoms with van der Waals surface area (Å²) in [5.41, 5.74) is -0.629. The second kappa shape index (κ2) is 7.37. The molecule has 0 saturated heterocycles. The minimum atomic E-state index is -4.44. The molecule has 1 aromatic carbocycles. The molecule has 0 bridgehead atoms. The fourth-order valence-corrected chi connectivity index (χ4v) is 2.33. The van der Waals surface area contributed by atoms with Gasteiger partial charge in [0.15, 0.2) is 5.65 Å². The van der Waals surface area contributed by atoms with Crippen molar-refractivity contribution in [3.05, 3.63) is 70.3 Å². The Balaban J connectivity index is 1.60. The molecular weight excluding hydrogens is 361 g/mol. The first-order chi connectivity index (χ1) is 12.8. The van der Waals surface area contributed by atoms with Crippen molar-refractivity contribution in [3.63, 3.8) is 0 Å². The number of nitrogens with one attached hydrogen (secondary N) is 1. The van der Waals surface area contributed by atoms with E-state index >= 15 is 0 Å². The lowest BCUT2D eigenvalue weighted by molar-refractivity contribution is -0.137. The molecule has 9 heteroatoms. The fourth-order valence-electron chi connectivity index (χ4n) is 2.33. The Morgan fingerprint density at radius 3 is 2.74 bits per heavy atom. The summed E-state index contributed by atoms with van der Waals surface area (Å²) in [6, 6.07) is 9.63. The van der Waals surface area contributed by atoms with Gasteiger partial charge in [0, 0.05) is 11.8 Å². The van der Waals surface area contributed by atoms with Crippen LogP contribution in [0.3, 0.4) is 0 Å². The van der Waals surface area contributed by atoms with Crippen LogP contribution in [0, 0.1) is 11.8 Å². The standard InChI is InChI=1S/C18H13F3N4O2/c19-18(20,21)14-7-3-5-13(11-14)6-4-9-22-16(26)12-25-17(27)24-10-2-1-8-15(24)23-25/h1-3,5,7-8,10-11H,9,12H2,(H,22,26). The smallest absolute Gasteiger partial charge is 0.344 e. The van der Waals surface area contributed by atoms with Gasteiger partial charge in [-0.25, -0.2) is 9.48 Å². The second-order valence-corrected chi connectivity index (χ2v) is 5.53. The first kappa shape index (κ1) is 18.3. The van der Waals surface area contributed by atoms with Crippen molar-refractivity contribution in [1.82, 2.24) is 19.5 Å². The quantitative estimate of drug-likeness (QED) is 0.710. The Hall–Kier alpha value is -3.54. The summed E-state index contributed by atoms with van der Waals surface area (Å²) < 4.78 is 40.2. The Morgan fingerprint density at radius 1 is 1.19 bits per heavy atom. The van der Waals surface area contributed by atoms with Crippen LogP contribution >= 0.6 is 0 Å². The van der Waals surface area contributed by atoms with Crippen molar-refractivity contribution in [1.29, 1.82) is 0 Å². The maximum absolute atomic E-state index is 12.6. The zero-order valence-electron chi connectivity index (χ0n) is 13.8. The van der Waals surface area contributed by atoms with Gasteiger partial charge in [0.25, 0.3) is 0 Å². The third-order valence-corrected chi connectivity index (χ3v) is 3.58. The summed E-state index contributed by atoms with van der Waals surface area (Å²) in [7, 11) is 0. The van der Waals surface area contributed by atoms with E-state index in [1.165, 1.54) is 16.5 Å². The van der Waals surface area contributed by atoms with Gasteiger partial charge < -0.3 is 5.32 Å². The van der Waals surface area contributed by atoms with Crippen molar-refractivity contribution in [2.75, 3.05) is 6.54 Å². The molecule has 0 saturated carbocycles. The number of hydrogen-bond acceptors (Lipinski definition) is 3. The van der Waals surface area contributed by atoms with E-state index in [9.17, 15) is 22.8 Å². The summed E-state index contributed by atoms with van der Waals surface area (Å²) in [5, 5.41) is 6.50. The highest BCUT2D eigenvalue weighted by Crippen LogP contribution is 2.29. The fraction of sp³-hybridized carbons (Fsp3) is 0.167. The number of carbonyl (C=O) groups is 1. The van der Waals surface area contributed by atoms with Crippen LogP contribution in [0.4, 0.5) is 13.2 Å². The van der Waals surface area contributed by atoms with Gasteiger partial charge in [0.1, 0.15) is 6.54 Å². The first-order valence-electron chi connectivity index (χ1n) is 7.81. The lowest BCUT2D eigenvalue weighted by Crippen LogP contribution is -2.32. The summed E-state index contributed by atoms with van der Waals surface area (Å²) >= 11 is 0. The van der Waals surface area contributed by atoms with Gasteiger partial charge in [0.05, 0.1) is 12.1 Å². The van der Waals surface area contributed by atoms with Crippen LogP contribution < -0.4 is 11.0 Å². The van der Waals surface area contributed by atoms with Crippen molar-refractivity contribution < 1.29 is 18.0 Å². The number of fused-ring (bicyclic) bond motifs is 1. The minimum Gasteiger partial charge on any atom is -0.344 e. The number of amides is 1. The van der Waals surface area contributed by atoms with E-state index in [0.717, 1.165) is 16.8 Å². The number of rotatable bonds is 3. The van der Waals surface area contributed by atoms with Gasteiger partial charge in [-0.3, -0.25) is 9.20 Å². The number of pyridine rings is 1. The van der Waals surface area contributed by atoms with Gasteiger partial charge in [-0.1, -0.05) is 24.0 Å². The summed E-state index contributed by atoms with van der Waals surface area (Å²) in [6.45, 7) is -0.358. The summed E-state index contributed by atoms with van der Waals surface area (Å²) in [6.07, 6.45) is -2.90. The Morgan fingerprint density at radius 2 is 2.00 bits per heavy atom. The lowest BCUT2D eigenvalue weighted by atomic mass is 10.1. The van der Waals surface area contributed by atoms with E-state index in [2.05, 4.69) is 22.3 Å². The van der Waals surface area contributed by atoms with Crippen LogP contribution in [0.15, 0.2) is 53.5 Å². The Bertz CT molecular complexity index is 1100. The summed E-state index contributed by atoms with van der Waals surface area (Å²) in [5.74, 6) is 4.65. The normalized spacial score (nSPS) is 11.1. The minimum absolute atomic E-state index is 0.0722. The zero-order valence-corrected chi connectivity index (χ0v) is 13.8. The molecule has 0 radical (unpaired) electrons. The largest absolute Gasteiger partial charge is 0.416 e. The molecule has 3 aromatic rings. The van der Waals surface area contributed by atoms with E-state index in [0.29, 0.717) is 5.65 Å². The highest BCUT2D eigenvalue weighted by atomic mass is 19.4. The first-order valence-corrected chi connectivity index (χ1v) is 7.81. The molecule has 0 aliphatic carbocycles. The van der Waals surface area contributed by atoms with Gasteiger partial charge >= 0.3 is 11.9 Å². The van der Waals surface area contributed by atoms with Crippen LogP contribution in [-0.2, 0) is 17.5 Å². The number of alkyl halides is 3. The van der Waals surface area contributed by atoms with Crippen LogP contribution in [0.25, 0.3) is 5.65 Å². The van der Waals surface area contributed by atoms with Gasteiger partial charge in [-0.15, -0.1) is 5.10 Å². The Labute approximate surface area is 151 Å². The van der Waals surface area contributed by atoms with Gasteiger partial charge in [-0.2, -0.15) is 13.2 Å². The summed E-state index contributed by atoms with van der Waals surface area (Å²) in [4.78, 5) is 24.0. The SMILES string of the molecule is O=C(Cn1nc2ccccn2c1=O)NCC#Cc1cccc(C(F)(F)F)c1. The molecular formula is C18H13F3N4O2. The maximum Gasteiger partial charge on any atom is 0.416 e.